The van der Waals surface area contributed by atoms with Gasteiger partial charge in [0, 0.05) is 24.8 Å². The summed E-state index contributed by atoms with van der Waals surface area (Å²) in [6, 6.07) is 15.4. The highest BCUT2D eigenvalue weighted by Gasteiger charge is 2.36. The van der Waals surface area contributed by atoms with Gasteiger partial charge in [0.25, 0.3) is 6.47 Å². The standard InChI is InChI=1S/C22H21FN4O2.CH2O2/c1-16-22(29)25(12-17-7-3-2-4-8-17)15-21(28)26(16)13-18-11-24-27(14-18)20-10-6-5-9-19(20)23;2-1-3/h2-11,14,16H,12-13,15H2,1H3;1H,(H,2,3)/t16-;/m0./s1. The first kappa shape index (κ1) is 22.7. The maximum atomic E-state index is 14.0. The second-order valence-electron chi connectivity index (χ2n) is 7.23. The monoisotopic (exact) mass is 438 g/mol. The summed E-state index contributed by atoms with van der Waals surface area (Å²) >= 11 is 0. The molecule has 2 heterocycles. The van der Waals surface area contributed by atoms with E-state index in [2.05, 4.69) is 5.10 Å². The van der Waals surface area contributed by atoms with Gasteiger partial charge in [0.15, 0.2) is 0 Å². The predicted octanol–water partition coefficient (Wildman–Crippen LogP) is 2.47. The Morgan fingerprint density at radius 1 is 1.06 bits per heavy atom. The zero-order valence-electron chi connectivity index (χ0n) is 17.5. The van der Waals surface area contributed by atoms with Gasteiger partial charge in [0.2, 0.25) is 11.8 Å². The van der Waals surface area contributed by atoms with Crippen LogP contribution in [0.2, 0.25) is 0 Å². The van der Waals surface area contributed by atoms with E-state index in [4.69, 9.17) is 9.90 Å². The lowest BCUT2D eigenvalue weighted by atomic mass is 10.1. The summed E-state index contributed by atoms with van der Waals surface area (Å²) in [4.78, 5) is 37.0. The number of aromatic nitrogens is 2. The van der Waals surface area contributed by atoms with Gasteiger partial charge in [0.1, 0.15) is 24.1 Å². The van der Waals surface area contributed by atoms with Gasteiger partial charge in [-0.1, -0.05) is 42.5 Å². The van der Waals surface area contributed by atoms with Crippen LogP contribution in [0.15, 0.2) is 67.0 Å². The Morgan fingerprint density at radius 3 is 2.41 bits per heavy atom. The molecular weight excluding hydrogens is 415 g/mol. The molecule has 1 atom stereocenters. The van der Waals surface area contributed by atoms with Crippen LogP contribution < -0.4 is 0 Å². The fourth-order valence-electron chi connectivity index (χ4n) is 3.52. The Morgan fingerprint density at radius 2 is 1.72 bits per heavy atom. The second kappa shape index (κ2) is 10.3. The van der Waals surface area contributed by atoms with E-state index in [1.54, 1.807) is 47.3 Å². The van der Waals surface area contributed by atoms with E-state index in [0.717, 1.165) is 11.1 Å². The predicted molar refractivity (Wildman–Crippen MR) is 114 cm³/mol. The van der Waals surface area contributed by atoms with Gasteiger partial charge in [0.05, 0.1) is 6.20 Å². The third kappa shape index (κ3) is 5.18. The van der Waals surface area contributed by atoms with Gasteiger partial charge in [-0.15, -0.1) is 0 Å². The van der Waals surface area contributed by atoms with Crippen molar-refractivity contribution in [3.05, 3.63) is 83.9 Å². The van der Waals surface area contributed by atoms with Crippen LogP contribution in [0.1, 0.15) is 18.1 Å². The zero-order chi connectivity index (χ0) is 23.1. The van der Waals surface area contributed by atoms with Crippen molar-refractivity contribution in [3.8, 4) is 5.69 Å². The molecule has 0 aliphatic carbocycles. The molecule has 0 saturated carbocycles. The molecule has 1 N–H and O–H groups in total. The van der Waals surface area contributed by atoms with Gasteiger partial charge in [-0.25, -0.2) is 9.07 Å². The highest BCUT2D eigenvalue weighted by Crippen LogP contribution is 2.19. The fourth-order valence-corrected chi connectivity index (χ4v) is 3.52. The number of para-hydroxylation sites is 1. The Kier molecular flexibility index (Phi) is 7.33. The van der Waals surface area contributed by atoms with Crippen molar-refractivity contribution >= 4 is 18.3 Å². The van der Waals surface area contributed by atoms with E-state index in [0.29, 0.717) is 12.2 Å². The van der Waals surface area contributed by atoms with E-state index in [9.17, 15) is 14.0 Å². The Bertz CT molecular complexity index is 1090. The maximum Gasteiger partial charge on any atom is 0.290 e. The molecule has 2 aromatic carbocycles. The number of halogens is 1. The second-order valence-corrected chi connectivity index (χ2v) is 7.23. The minimum atomic E-state index is -0.572. The van der Waals surface area contributed by atoms with Crippen molar-refractivity contribution in [1.29, 1.82) is 0 Å². The molecule has 1 saturated heterocycles. The molecule has 1 fully saturated rings. The average Bonchev–Trinajstić information content (AvgIpc) is 3.25. The van der Waals surface area contributed by atoms with E-state index in [-0.39, 0.29) is 37.2 Å². The van der Waals surface area contributed by atoms with Gasteiger partial charge in [-0.05, 0) is 24.6 Å². The number of piperazine rings is 1. The highest BCUT2D eigenvalue weighted by atomic mass is 19.1. The number of carbonyl (C=O) groups is 3. The Balaban J connectivity index is 0.000000913. The van der Waals surface area contributed by atoms with Crippen molar-refractivity contribution < 1.29 is 23.9 Å². The summed E-state index contributed by atoms with van der Waals surface area (Å²) < 4.78 is 15.4. The van der Waals surface area contributed by atoms with Crippen molar-refractivity contribution in [2.45, 2.75) is 26.1 Å². The molecule has 166 valence electrons. The first-order valence-corrected chi connectivity index (χ1v) is 9.93. The number of benzene rings is 2. The van der Waals surface area contributed by atoms with E-state index >= 15 is 0 Å². The van der Waals surface area contributed by atoms with E-state index in [1.807, 2.05) is 30.3 Å². The normalized spacial score (nSPS) is 15.9. The van der Waals surface area contributed by atoms with Crippen LogP contribution in [0.4, 0.5) is 4.39 Å². The van der Waals surface area contributed by atoms with Crippen LogP contribution in [0.3, 0.4) is 0 Å². The molecule has 3 aromatic rings. The van der Waals surface area contributed by atoms with Gasteiger partial charge in [-0.3, -0.25) is 14.4 Å². The average molecular weight is 438 g/mol. The van der Waals surface area contributed by atoms with Crippen LogP contribution in [0.5, 0.6) is 0 Å². The van der Waals surface area contributed by atoms with Crippen molar-refractivity contribution in [2.75, 3.05) is 6.54 Å². The number of nitrogens with zero attached hydrogens (tertiary/aromatic N) is 4. The summed E-state index contributed by atoms with van der Waals surface area (Å²) in [6.07, 6.45) is 3.27. The topological polar surface area (TPSA) is 95.7 Å². The minimum absolute atomic E-state index is 0.0412. The largest absolute Gasteiger partial charge is 0.483 e. The maximum absolute atomic E-state index is 14.0. The minimum Gasteiger partial charge on any atom is -0.483 e. The molecule has 0 spiro atoms. The molecule has 9 heteroatoms. The molecule has 0 radical (unpaired) electrons. The fraction of sp³-hybridized carbons (Fsp3) is 0.217. The lowest BCUT2D eigenvalue weighted by Gasteiger charge is -2.38. The summed E-state index contributed by atoms with van der Waals surface area (Å²) in [5.41, 5.74) is 2.06. The van der Waals surface area contributed by atoms with Crippen LogP contribution >= 0.6 is 0 Å². The van der Waals surface area contributed by atoms with Crippen molar-refractivity contribution in [3.63, 3.8) is 0 Å². The summed E-state index contributed by atoms with van der Waals surface area (Å²) in [7, 11) is 0. The van der Waals surface area contributed by atoms with Crippen LogP contribution in [0.25, 0.3) is 5.69 Å². The molecule has 0 unspecified atom stereocenters. The summed E-state index contributed by atoms with van der Waals surface area (Å²) in [5, 5.41) is 11.1. The van der Waals surface area contributed by atoms with E-state index in [1.165, 1.54) is 10.7 Å². The molecule has 32 heavy (non-hydrogen) atoms. The SMILES string of the molecule is C[C@H]1C(=O)N(Cc2ccccc2)CC(=O)N1Cc1cnn(-c2ccccc2F)c1.O=CO. The number of rotatable bonds is 5. The lowest BCUT2D eigenvalue weighted by Crippen LogP contribution is -2.57. The van der Waals surface area contributed by atoms with Crippen LogP contribution in [-0.4, -0.2) is 55.6 Å². The third-order valence-electron chi connectivity index (χ3n) is 5.09. The Hall–Kier alpha value is -4.01. The number of hydrogen-bond donors (Lipinski definition) is 1. The first-order valence-electron chi connectivity index (χ1n) is 9.93. The van der Waals surface area contributed by atoms with Crippen molar-refractivity contribution in [2.24, 2.45) is 0 Å². The van der Waals surface area contributed by atoms with Crippen LogP contribution in [-0.2, 0) is 27.5 Å². The number of carboxylic acid groups (broad SMARTS) is 1. The summed E-state index contributed by atoms with van der Waals surface area (Å²) in [5.74, 6) is -0.585. The molecular formula is C23H23FN4O4. The number of carbonyl (C=O) groups excluding carboxylic acids is 2. The summed E-state index contributed by atoms with van der Waals surface area (Å²) in [6.45, 7) is 2.19. The smallest absolute Gasteiger partial charge is 0.290 e. The van der Waals surface area contributed by atoms with Crippen molar-refractivity contribution in [1.82, 2.24) is 19.6 Å². The lowest BCUT2D eigenvalue weighted by molar-refractivity contribution is -0.156. The van der Waals surface area contributed by atoms with Gasteiger partial charge in [-0.2, -0.15) is 5.10 Å². The van der Waals surface area contributed by atoms with Gasteiger partial charge >= 0.3 is 0 Å². The quantitative estimate of drug-likeness (QED) is 0.618. The number of amides is 2. The molecule has 4 rings (SSSR count). The van der Waals surface area contributed by atoms with E-state index < -0.39 is 6.04 Å². The molecule has 2 amide bonds. The zero-order valence-corrected chi connectivity index (χ0v) is 17.5. The molecule has 8 nitrogen and oxygen atoms in total. The molecule has 0 bridgehead atoms. The molecule has 1 aliphatic rings. The third-order valence-corrected chi connectivity index (χ3v) is 5.09. The van der Waals surface area contributed by atoms with Crippen LogP contribution in [0, 0.1) is 5.82 Å². The molecule has 1 aromatic heterocycles. The highest BCUT2D eigenvalue weighted by molar-refractivity contribution is 5.94. The first-order chi connectivity index (χ1) is 15.4. The number of hydrogen-bond acceptors (Lipinski definition) is 4. The Labute approximate surface area is 184 Å². The molecule has 1 aliphatic heterocycles. The van der Waals surface area contributed by atoms with Gasteiger partial charge < -0.3 is 14.9 Å².